The van der Waals surface area contributed by atoms with Crippen LogP contribution in [0.2, 0.25) is 0 Å². The Morgan fingerprint density at radius 1 is 1.04 bits per heavy atom. The molecule has 2 heterocycles. The van der Waals surface area contributed by atoms with Crippen LogP contribution in [0.4, 0.5) is 0 Å². The van der Waals surface area contributed by atoms with Gasteiger partial charge in [-0.05, 0) is 35.9 Å². The van der Waals surface area contributed by atoms with Crippen LogP contribution in [0.15, 0.2) is 78.4 Å². The molecule has 0 fully saturated rings. The van der Waals surface area contributed by atoms with E-state index in [1.807, 2.05) is 48.6 Å². The normalized spacial score (nSPS) is 23.6. The van der Waals surface area contributed by atoms with E-state index in [1.54, 1.807) is 31.4 Å². The number of hydrogen-bond acceptors (Lipinski definition) is 4. The molecule has 2 aromatic rings. The van der Waals surface area contributed by atoms with Gasteiger partial charge in [-0.15, -0.1) is 0 Å². The highest BCUT2D eigenvalue weighted by Gasteiger charge is 2.37. The second-order valence-corrected chi connectivity index (χ2v) is 6.35. The molecule has 4 heteroatoms. The Hall–Kier alpha value is -2.69. The standard InChI is InChI=1S/C22H20O4/c1-24-17-9-7-16(8-10-17)22(23)18-13-21-20(12-11-19(18)26-21)25-14-15-5-3-2-4-6-15/h2-13,19-21H,14H2,1H3/t19-,20+,21-/m1/s1. The Balaban J connectivity index is 1.46. The molecule has 0 saturated carbocycles. The molecule has 0 aromatic heterocycles. The van der Waals surface area contributed by atoms with E-state index in [2.05, 4.69) is 0 Å². The van der Waals surface area contributed by atoms with Gasteiger partial charge in [0.15, 0.2) is 5.78 Å². The van der Waals surface area contributed by atoms with Gasteiger partial charge in [-0.25, -0.2) is 0 Å². The fraction of sp³-hybridized carbons (Fsp3) is 0.227. The van der Waals surface area contributed by atoms with Crippen molar-refractivity contribution in [3.8, 4) is 5.75 Å². The second-order valence-electron chi connectivity index (χ2n) is 6.35. The van der Waals surface area contributed by atoms with Gasteiger partial charge in [0, 0.05) is 11.1 Å². The number of ketones is 1. The molecule has 2 aromatic carbocycles. The van der Waals surface area contributed by atoms with Crippen molar-refractivity contribution < 1.29 is 19.0 Å². The van der Waals surface area contributed by atoms with Crippen molar-refractivity contribution in [2.75, 3.05) is 7.11 Å². The van der Waals surface area contributed by atoms with Crippen molar-refractivity contribution in [1.29, 1.82) is 0 Å². The first-order valence-electron chi connectivity index (χ1n) is 8.64. The summed E-state index contributed by atoms with van der Waals surface area (Å²) < 4.78 is 17.1. The predicted octanol–water partition coefficient (Wildman–Crippen LogP) is 3.73. The lowest BCUT2D eigenvalue weighted by atomic mass is 10.00. The van der Waals surface area contributed by atoms with Crippen LogP contribution in [-0.4, -0.2) is 31.2 Å². The van der Waals surface area contributed by atoms with Crippen LogP contribution in [-0.2, 0) is 16.1 Å². The average Bonchev–Trinajstić information content (AvgIpc) is 3.05. The minimum atomic E-state index is -0.300. The van der Waals surface area contributed by atoms with Crippen LogP contribution < -0.4 is 4.74 Å². The molecule has 132 valence electrons. The van der Waals surface area contributed by atoms with Crippen LogP contribution in [0.3, 0.4) is 0 Å². The van der Waals surface area contributed by atoms with Crippen LogP contribution in [0.5, 0.6) is 5.75 Å². The molecule has 0 aliphatic carbocycles. The molecule has 0 saturated heterocycles. The third kappa shape index (κ3) is 3.34. The van der Waals surface area contributed by atoms with E-state index in [0.717, 1.165) is 11.3 Å². The monoisotopic (exact) mass is 348 g/mol. The number of carbonyl (C=O) groups excluding carboxylic acids is 1. The largest absolute Gasteiger partial charge is 0.497 e. The fourth-order valence-corrected chi connectivity index (χ4v) is 3.23. The van der Waals surface area contributed by atoms with Gasteiger partial charge in [0.2, 0.25) is 0 Å². The van der Waals surface area contributed by atoms with Crippen LogP contribution in [0.25, 0.3) is 0 Å². The summed E-state index contributed by atoms with van der Waals surface area (Å²) >= 11 is 0. The molecule has 2 bridgehead atoms. The van der Waals surface area contributed by atoms with E-state index in [0.29, 0.717) is 17.7 Å². The predicted molar refractivity (Wildman–Crippen MR) is 98.2 cm³/mol. The molecule has 0 N–H and O–H groups in total. The molecular weight excluding hydrogens is 328 g/mol. The number of fused-ring (bicyclic) bond motifs is 2. The molecule has 0 amide bonds. The zero-order chi connectivity index (χ0) is 17.9. The number of benzene rings is 2. The summed E-state index contributed by atoms with van der Waals surface area (Å²) in [6.45, 7) is 0.510. The maximum Gasteiger partial charge on any atom is 0.191 e. The van der Waals surface area contributed by atoms with Gasteiger partial charge >= 0.3 is 0 Å². The zero-order valence-electron chi connectivity index (χ0n) is 14.5. The Bertz CT molecular complexity index is 836. The SMILES string of the molecule is COc1ccc(C(=O)C2=C[C@H]3O[C@@H]2C=C[C@@H]3OCc2ccccc2)cc1. The molecule has 0 spiro atoms. The fourth-order valence-electron chi connectivity index (χ4n) is 3.23. The molecule has 2 aliphatic rings. The highest BCUT2D eigenvalue weighted by atomic mass is 16.6. The van der Waals surface area contributed by atoms with Crippen molar-refractivity contribution in [2.45, 2.75) is 24.9 Å². The zero-order valence-corrected chi connectivity index (χ0v) is 14.5. The van der Waals surface area contributed by atoms with E-state index in [1.165, 1.54) is 0 Å². The Labute approximate surface area is 152 Å². The van der Waals surface area contributed by atoms with Crippen LogP contribution >= 0.6 is 0 Å². The topological polar surface area (TPSA) is 44.8 Å². The summed E-state index contributed by atoms with van der Waals surface area (Å²) in [7, 11) is 1.60. The molecule has 4 nitrogen and oxygen atoms in total. The lowest BCUT2D eigenvalue weighted by Crippen LogP contribution is -2.31. The van der Waals surface area contributed by atoms with Crippen molar-refractivity contribution in [2.24, 2.45) is 0 Å². The van der Waals surface area contributed by atoms with Crippen molar-refractivity contribution >= 4 is 5.78 Å². The first kappa shape index (κ1) is 16.8. The minimum absolute atomic E-state index is 0.0199. The smallest absolute Gasteiger partial charge is 0.191 e. The lowest BCUT2D eigenvalue weighted by Gasteiger charge is -2.25. The molecule has 4 rings (SSSR count). The summed E-state index contributed by atoms with van der Waals surface area (Å²) in [4.78, 5) is 12.8. The summed E-state index contributed by atoms with van der Waals surface area (Å²) in [5.41, 5.74) is 2.41. The highest BCUT2D eigenvalue weighted by Crippen LogP contribution is 2.32. The Kier molecular flexibility index (Phi) is 4.69. The Morgan fingerprint density at radius 3 is 2.54 bits per heavy atom. The third-order valence-electron chi connectivity index (χ3n) is 4.65. The van der Waals surface area contributed by atoms with Crippen LogP contribution in [0, 0.1) is 0 Å². The van der Waals surface area contributed by atoms with E-state index in [4.69, 9.17) is 14.2 Å². The van der Waals surface area contributed by atoms with E-state index in [9.17, 15) is 4.79 Å². The Morgan fingerprint density at radius 2 is 1.81 bits per heavy atom. The van der Waals surface area contributed by atoms with Gasteiger partial charge in [-0.3, -0.25) is 4.79 Å². The van der Waals surface area contributed by atoms with Crippen LogP contribution in [0.1, 0.15) is 15.9 Å². The van der Waals surface area contributed by atoms with Crippen molar-refractivity contribution in [3.05, 3.63) is 89.5 Å². The average molecular weight is 348 g/mol. The maximum absolute atomic E-state index is 12.8. The second kappa shape index (κ2) is 7.28. The maximum atomic E-state index is 12.8. The number of methoxy groups -OCH3 is 1. The summed E-state index contributed by atoms with van der Waals surface area (Å²) in [5.74, 6) is 0.708. The van der Waals surface area contributed by atoms with E-state index < -0.39 is 0 Å². The molecule has 26 heavy (non-hydrogen) atoms. The van der Waals surface area contributed by atoms with Gasteiger partial charge in [0.1, 0.15) is 24.1 Å². The van der Waals surface area contributed by atoms with Crippen molar-refractivity contribution in [1.82, 2.24) is 0 Å². The highest BCUT2D eigenvalue weighted by molar-refractivity contribution is 6.10. The number of ether oxygens (including phenoxy) is 3. The van der Waals surface area contributed by atoms with Gasteiger partial charge in [-0.2, -0.15) is 0 Å². The molecule has 3 atom stereocenters. The minimum Gasteiger partial charge on any atom is -0.497 e. The molecule has 2 aliphatic heterocycles. The third-order valence-corrected chi connectivity index (χ3v) is 4.65. The van der Waals surface area contributed by atoms with E-state index >= 15 is 0 Å². The number of carbonyl (C=O) groups is 1. The summed E-state index contributed by atoms with van der Waals surface area (Å²) in [6, 6.07) is 17.1. The van der Waals surface area contributed by atoms with E-state index in [-0.39, 0.29) is 24.1 Å². The summed E-state index contributed by atoms with van der Waals surface area (Å²) in [5, 5.41) is 0. The molecular formula is C22H20O4. The first-order chi connectivity index (χ1) is 12.7. The van der Waals surface area contributed by atoms with Gasteiger partial charge in [0.25, 0.3) is 0 Å². The summed E-state index contributed by atoms with van der Waals surface area (Å²) in [6.07, 6.45) is 5.08. The quantitative estimate of drug-likeness (QED) is 0.589. The van der Waals surface area contributed by atoms with Crippen molar-refractivity contribution in [3.63, 3.8) is 0 Å². The number of rotatable bonds is 6. The van der Waals surface area contributed by atoms with Gasteiger partial charge in [0.05, 0.1) is 13.7 Å². The van der Waals surface area contributed by atoms with Gasteiger partial charge < -0.3 is 14.2 Å². The number of hydrogen-bond donors (Lipinski definition) is 0. The van der Waals surface area contributed by atoms with Gasteiger partial charge in [-0.1, -0.05) is 42.5 Å². The number of Topliss-reactive ketones (excluding diaryl/α,β-unsaturated/α-hetero) is 1. The first-order valence-corrected chi connectivity index (χ1v) is 8.64. The molecule has 0 unspecified atom stereocenters. The lowest BCUT2D eigenvalue weighted by molar-refractivity contribution is -0.0443. The molecule has 0 radical (unpaired) electrons.